The van der Waals surface area contributed by atoms with Crippen molar-refractivity contribution >= 4 is 17.7 Å². The van der Waals surface area contributed by atoms with E-state index in [-0.39, 0.29) is 12.5 Å². The second-order valence-corrected chi connectivity index (χ2v) is 5.59. The Morgan fingerprint density at radius 1 is 1.15 bits per heavy atom. The minimum absolute atomic E-state index is 0.162. The number of carbonyl (C=O) groups excluding carboxylic acids is 1. The zero-order valence-electron chi connectivity index (χ0n) is 11.2. The highest BCUT2D eigenvalue weighted by atomic mass is 32.2. The van der Waals surface area contributed by atoms with Crippen molar-refractivity contribution in [1.82, 2.24) is 5.32 Å². The Labute approximate surface area is 123 Å². The molecule has 0 aromatic heterocycles. The first-order valence-corrected chi connectivity index (χ1v) is 7.26. The van der Waals surface area contributed by atoms with Gasteiger partial charge in [-0.05, 0) is 31.2 Å². The van der Waals surface area contributed by atoms with Crippen LogP contribution in [0.1, 0.15) is 17.3 Å². The molecule has 4 heteroatoms. The Kier molecular flexibility index (Phi) is 5.21. The molecule has 0 spiro atoms. The van der Waals surface area contributed by atoms with Crippen LogP contribution in [0.3, 0.4) is 0 Å². The zero-order valence-corrected chi connectivity index (χ0v) is 12.1. The molecule has 1 atom stereocenters. The standard InChI is InChI=1S/C16H17NO2S/c1-12(18)11-17-16(19)14-9-5-6-10-15(14)20-13-7-3-2-4-8-13/h2-10,12,18H,11H2,1H3,(H,17,19). The molecule has 3 nitrogen and oxygen atoms in total. The summed E-state index contributed by atoms with van der Waals surface area (Å²) in [5.74, 6) is -0.162. The summed E-state index contributed by atoms with van der Waals surface area (Å²) < 4.78 is 0. The van der Waals surface area contributed by atoms with E-state index in [9.17, 15) is 9.90 Å². The van der Waals surface area contributed by atoms with Crippen molar-refractivity contribution < 1.29 is 9.90 Å². The van der Waals surface area contributed by atoms with Crippen molar-refractivity contribution in [2.75, 3.05) is 6.54 Å². The zero-order chi connectivity index (χ0) is 14.4. The van der Waals surface area contributed by atoms with E-state index in [0.29, 0.717) is 5.56 Å². The predicted molar refractivity (Wildman–Crippen MR) is 81.0 cm³/mol. The first-order chi connectivity index (χ1) is 9.66. The van der Waals surface area contributed by atoms with Gasteiger partial charge in [0.05, 0.1) is 11.7 Å². The molecular weight excluding hydrogens is 270 g/mol. The third kappa shape index (κ3) is 4.11. The van der Waals surface area contributed by atoms with Gasteiger partial charge in [-0.3, -0.25) is 4.79 Å². The second-order valence-electron chi connectivity index (χ2n) is 4.47. The van der Waals surface area contributed by atoms with Crippen molar-refractivity contribution in [3.63, 3.8) is 0 Å². The number of nitrogens with one attached hydrogen (secondary N) is 1. The van der Waals surface area contributed by atoms with Gasteiger partial charge in [0.25, 0.3) is 5.91 Å². The maximum atomic E-state index is 12.1. The van der Waals surface area contributed by atoms with Crippen LogP contribution < -0.4 is 5.32 Å². The van der Waals surface area contributed by atoms with Gasteiger partial charge in [0.15, 0.2) is 0 Å². The van der Waals surface area contributed by atoms with Crippen molar-refractivity contribution in [3.05, 3.63) is 60.2 Å². The highest BCUT2D eigenvalue weighted by Crippen LogP contribution is 2.30. The van der Waals surface area contributed by atoms with E-state index in [1.165, 1.54) is 0 Å². The molecule has 104 valence electrons. The van der Waals surface area contributed by atoms with E-state index in [0.717, 1.165) is 9.79 Å². The molecule has 0 aliphatic carbocycles. The summed E-state index contributed by atoms with van der Waals surface area (Å²) in [6.45, 7) is 1.90. The van der Waals surface area contributed by atoms with Crippen LogP contribution in [0.5, 0.6) is 0 Å². The van der Waals surface area contributed by atoms with Gasteiger partial charge in [-0.2, -0.15) is 0 Å². The maximum Gasteiger partial charge on any atom is 0.252 e. The molecule has 20 heavy (non-hydrogen) atoms. The average Bonchev–Trinajstić information content (AvgIpc) is 2.46. The Morgan fingerprint density at radius 3 is 2.50 bits per heavy atom. The first kappa shape index (κ1) is 14.6. The van der Waals surface area contributed by atoms with Crippen LogP contribution in [0.15, 0.2) is 64.4 Å². The lowest BCUT2D eigenvalue weighted by Crippen LogP contribution is -2.30. The molecule has 0 bridgehead atoms. The SMILES string of the molecule is CC(O)CNC(=O)c1ccccc1Sc1ccccc1. The van der Waals surface area contributed by atoms with Crippen LogP contribution >= 0.6 is 11.8 Å². The summed E-state index contributed by atoms with van der Waals surface area (Å²) in [6.07, 6.45) is -0.548. The lowest BCUT2D eigenvalue weighted by atomic mass is 10.2. The molecule has 0 aliphatic heterocycles. The third-order valence-electron chi connectivity index (χ3n) is 2.66. The fourth-order valence-electron chi connectivity index (χ4n) is 1.69. The van der Waals surface area contributed by atoms with Gasteiger partial charge in [0.2, 0.25) is 0 Å². The number of aliphatic hydroxyl groups is 1. The van der Waals surface area contributed by atoms with Gasteiger partial charge < -0.3 is 10.4 Å². The topological polar surface area (TPSA) is 49.3 Å². The first-order valence-electron chi connectivity index (χ1n) is 6.45. The van der Waals surface area contributed by atoms with Crippen molar-refractivity contribution in [2.45, 2.75) is 22.8 Å². The highest BCUT2D eigenvalue weighted by molar-refractivity contribution is 7.99. The molecule has 2 rings (SSSR count). The van der Waals surface area contributed by atoms with E-state index in [4.69, 9.17) is 0 Å². The normalized spacial score (nSPS) is 11.9. The molecule has 2 aromatic carbocycles. The van der Waals surface area contributed by atoms with E-state index < -0.39 is 6.10 Å². The molecule has 0 fully saturated rings. The maximum absolute atomic E-state index is 12.1. The van der Waals surface area contributed by atoms with E-state index in [1.807, 2.05) is 48.5 Å². The van der Waals surface area contributed by atoms with E-state index in [1.54, 1.807) is 24.8 Å². The van der Waals surface area contributed by atoms with Gasteiger partial charge >= 0.3 is 0 Å². The Balaban J connectivity index is 2.16. The molecule has 1 amide bonds. The number of hydrogen-bond acceptors (Lipinski definition) is 3. The van der Waals surface area contributed by atoms with Gasteiger partial charge in [-0.15, -0.1) is 0 Å². The van der Waals surface area contributed by atoms with Crippen molar-refractivity contribution in [3.8, 4) is 0 Å². The summed E-state index contributed by atoms with van der Waals surface area (Å²) in [5, 5.41) is 12.0. The van der Waals surface area contributed by atoms with Crippen LogP contribution in [-0.2, 0) is 0 Å². The minimum Gasteiger partial charge on any atom is -0.392 e. The average molecular weight is 287 g/mol. The molecule has 1 unspecified atom stereocenters. The third-order valence-corrected chi connectivity index (χ3v) is 3.74. The van der Waals surface area contributed by atoms with Crippen LogP contribution in [-0.4, -0.2) is 23.7 Å². The minimum atomic E-state index is -0.548. The molecule has 0 heterocycles. The smallest absolute Gasteiger partial charge is 0.252 e. The summed E-state index contributed by atoms with van der Waals surface area (Å²) >= 11 is 1.55. The van der Waals surface area contributed by atoms with Gasteiger partial charge in [-0.1, -0.05) is 42.1 Å². The number of aliphatic hydroxyl groups excluding tert-OH is 1. The molecule has 2 aromatic rings. The molecular formula is C16H17NO2S. The van der Waals surface area contributed by atoms with Crippen molar-refractivity contribution in [2.24, 2.45) is 0 Å². The number of benzene rings is 2. The lowest BCUT2D eigenvalue weighted by Gasteiger charge is -2.11. The van der Waals surface area contributed by atoms with Crippen LogP contribution in [0.2, 0.25) is 0 Å². The number of amides is 1. The molecule has 0 radical (unpaired) electrons. The Hall–Kier alpha value is -1.78. The summed E-state index contributed by atoms with van der Waals surface area (Å²) in [6, 6.07) is 17.4. The fourth-order valence-corrected chi connectivity index (χ4v) is 2.66. The van der Waals surface area contributed by atoms with Crippen LogP contribution in [0.4, 0.5) is 0 Å². The lowest BCUT2D eigenvalue weighted by molar-refractivity contribution is 0.0921. The molecule has 2 N–H and O–H groups in total. The predicted octanol–water partition coefficient (Wildman–Crippen LogP) is 2.95. The largest absolute Gasteiger partial charge is 0.392 e. The molecule has 0 aliphatic rings. The van der Waals surface area contributed by atoms with E-state index >= 15 is 0 Å². The monoisotopic (exact) mass is 287 g/mol. The molecule has 0 saturated heterocycles. The number of carbonyl (C=O) groups is 1. The van der Waals surface area contributed by atoms with Gasteiger partial charge in [0.1, 0.15) is 0 Å². The van der Waals surface area contributed by atoms with Gasteiger partial charge in [-0.25, -0.2) is 0 Å². The second kappa shape index (κ2) is 7.12. The Morgan fingerprint density at radius 2 is 1.80 bits per heavy atom. The van der Waals surface area contributed by atoms with E-state index in [2.05, 4.69) is 5.32 Å². The summed E-state index contributed by atoms with van der Waals surface area (Å²) in [7, 11) is 0. The van der Waals surface area contributed by atoms with Crippen LogP contribution in [0, 0.1) is 0 Å². The fraction of sp³-hybridized carbons (Fsp3) is 0.188. The quantitative estimate of drug-likeness (QED) is 0.889. The highest BCUT2D eigenvalue weighted by Gasteiger charge is 2.12. The van der Waals surface area contributed by atoms with Gasteiger partial charge in [0, 0.05) is 16.3 Å². The van der Waals surface area contributed by atoms with Crippen molar-refractivity contribution in [1.29, 1.82) is 0 Å². The number of hydrogen-bond donors (Lipinski definition) is 2. The summed E-state index contributed by atoms with van der Waals surface area (Å²) in [4.78, 5) is 14.1. The summed E-state index contributed by atoms with van der Waals surface area (Å²) in [5.41, 5.74) is 0.627. The number of rotatable bonds is 5. The molecule has 0 saturated carbocycles. The van der Waals surface area contributed by atoms with Crippen LogP contribution in [0.25, 0.3) is 0 Å². The Bertz CT molecular complexity index is 570.